The van der Waals surface area contributed by atoms with Crippen molar-refractivity contribution in [1.29, 1.82) is 0 Å². The van der Waals surface area contributed by atoms with Gasteiger partial charge in [-0.25, -0.2) is 0 Å². The molecule has 2 aliphatic rings. The van der Waals surface area contributed by atoms with Gasteiger partial charge in [0, 0.05) is 24.7 Å². The van der Waals surface area contributed by atoms with Crippen LogP contribution in [0.4, 0.5) is 0 Å². The fraction of sp³-hybridized carbons (Fsp3) is 1.00. The van der Waals surface area contributed by atoms with Crippen molar-refractivity contribution in [2.75, 3.05) is 26.3 Å². The summed E-state index contributed by atoms with van der Waals surface area (Å²) in [6, 6.07) is 2.17. The Bertz CT molecular complexity index is 198. The highest BCUT2D eigenvalue weighted by Crippen LogP contribution is 2.26. The zero-order chi connectivity index (χ0) is 10.7. The second-order valence-corrected chi connectivity index (χ2v) is 4.88. The number of nitrogens with one attached hydrogen (secondary N) is 1. The molecule has 0 aromatic rings. The van der Waals surface area contributed by atoms with Gasteiger partial charge in [0.1, 0.15) is 0 Å². The molecule has 1 aliphatic heterocycles. The minimum atomic E-state index is 0.615. The first-order valence-electron chi connectivity index (χ1n) is 6.38. The van der Waals surface area contributed by atoms with Gasteiger partial charge in [-0.3, -0.25) is 4.90 Å². The van der Waals surface area contributed by atoms with Gasteiger partial charge in [0.15, 0.2) is 0 Å². The molecule has 1 N–H and O–H groups in total. The summed E-state index contributed by atoms with van der Waals surface area (Å²) in [7, 11) is 0. The van der Waals surface area contributed by atoms with Crippen molar-refractivity contribution in [3.05, 3.63) is 0 Å². The van der Waals surface area contributed by atoms with Crippen LogP contribution in [0.25, 0.3) is 0 Å². The number of rotatable bonds is 3. The molecular formula is C12H24N2O. The fourth-order valence-corrected chi connectivity index (χ4v) is 3.02. The summed E-state index contributed by atoms with van der Waals surface area (Å²) in [5.74, 6) is 0. The van der Waals surface area contributed by atoms with Crippen LogP contribution >= 0.6 is 0 Å². The molecular weight excluding hydrogens is 188 g/mol. The first kappa shape index (κ1) is 11.4. The lowest BCUT2D eigenvalue weighted by Gasteiger charge is -2.38. The molecule has 3 nitrogen and oxygen atoms in total. The zero-order valence-corrected chi connectivity index (χ0v) is 10.0. The number of nitrogens with zero attached hydrogens (tertiary/aromatic N) is 1. The molecule has 0 amide bonds. The van der Waals surface area contributed by atoms with Gasteiger partial charge in [-0.1, -0.05) is 6.92 Å². The first-order chi connectivity index (χ1) is 7.31. The highest BCUT2D eigenvalue weighted by Gasteiger charge is 2.32. The molecule has 88 valence electrons. The van der Waals surface area contributed by atoms with Gasteiger partial charge in [0.05, 0.1) is 13.2 Å². The summed E-state index contributed by atoms with van der Waals surface area (Å²) in [6.07, 6.45) is 4.04. The molecule has 0 spiro atoms. The lowest BCUT2D eigenvalue weighted by atomic mass is 10.1. The third-order valence-electron chi connectivity index (χ3n) is 3.79. The molecule has 2 fully saturated rings. The second kappa shape index (κ2) is 5.28. The Morgan fingerprint density at radius 3 is 3.00 bits per heavy atom. The van der Waals surface area contributed by atoms with Crippen molar-refractivity contribution < 1.29 is 4.74 Å². The summed E-state index contributed by atoms with van der Waals surface area (Å²) in [6.45, 7) is 8.57. The Hall–Kier alpha value is -0.120. The van der Waals surface area contributed by atoms with Crippen LogP contribution in [0.2, 0.25) is 0 Å². The van der Waals surface area contributed by atoms with E-state index in [0.717, 1.165) is 38.4 Å². The molecule has 3 atom stereocenters. The summed E-state index contributed by atoms with van der Waals surface area (Å²) in [5.41, 5.74) is 0. The normalized spacial score (nSPS) is 38.4. The average molecular weight is 212 g/mol. The van der Waals surface area contributed by atoms with E-state index in [-0.39, 0.29) is 0 Å². The van der Waals surface area contributed by atoms with Crippen LogP contribution in [-0.2, 0) is 4.74 Å². The Labute approximate surface area is 93.2 Å². The third kappa shape index (κ3) is 2.71. The van der Waals surface area contributed by atoms with Crippen molar-refractivity contribution in [2.45, 2.75) is 51.2 Å². The van der Waals surface area contributed by atoms with E-state index >= 15 is 0 Å². The highest BCUT2D eigenvalue weighted by atomic mass is 16.5. The maximum atomic E-state index is 5.49. The van der Waals surface area contributed by atoms with Crippen LogP contribution in [0.15, 0.2) is 0 Å². The molecule has 3 heteroatoms. The van der Waals surface area contributed by atoms with Crippen molar-refractivity contribution >= 4 is 0 Å². The summed E-state index contributed by atoms with van der Waals surface area (Å²) in [5, 5.41) is 3.57. The number of hydrogen-bond donors (Lipinski definition) is 1. The topological polar surface area (TPSA) is 24.5 Å². The summed E-state index contributed by atoms with van der Waals surface area (Å²) >= 11 is 0. The maximum absolute atomic E-state index is 5.49. The van der Waals surface area contributed by atoms with E-state index in [1.54, 1.807) is 0 Å². The van der Waals surface area contributed by atoms with Crippen LogP contribution in [0, 0.1) is 0 Å². The monoisotopic (exact) mass is 212 g/mol. The highest BCUT2D eigenvalue weighted by molar-refractivity contribution is 4.89. The minimum absolute atomic E-state index is 0.615. The van der Waals surface area contributed by atoms with Crippen molar-refractivity contribution in [3.8, 4) is 0 Å². The van der Waals surface area contributed by atoms with E-state index < -0.39 is 0 Å². The molecule has 1 aliphatic carbocycles. The molecule has 2 rings (SSSR count). The van der Waals surface area contributed by atoms with E-state index in [9.17, 15) is 0 Å². The molecule has 0 aromatic carbocycles. The molecule has 1 saturated carbocycles. The average Bonchev–Trinajstić information content (AvgIpc) is 2.68. The predicted octanol–water partition coefficient (Wildman–Crippen LogP) is 1.24. The van der Waals surface area contributed by atoms with Gasteiger partial charge in [-0.15, -0.1) is 0 Å². The Morgan fingerprint density at radius 1 is 1.40 bits per heavy atom. The van der Waals surface area contributed by atoms with Gasteiger partial charge in [0.2, 0.25) is 0 Å². The number of morpholine rings is 1. The molecule has 1 heterocycles. The fourth-order valence-electron chi connectivity index (χ4n) is 3.02. The van der Waals surface area contributed by atoms with Gasteiger partial charge in [-0.2, -0.15) is 0 Å². The van der Waals surface area contributed by atoms with Gasteiger partial charge < -0.3 is 10.1 Å². The molecule has 3 unspecified atom stereocenters. The van der Waals surface area contributed by atoms with E-state index in [4.69, 9.17) is 4.74 Å². The molecule has 15 heavy (non-hydrogen) atoms. The van der Waals surface area contributed by atoms with Crippen LogP contribution in [-0.4, -0.2) is 49.3 Å². The molecule has 1 saturated heterocycles. The predicted molar refractivity (Wildman–Crippen MR) is 62.1 cm³/mol. The molecule has 0 radical (unpaired) electrons. The number of hydrogen-bond acceptors (Lipinski definition) is 3. The van der Waals surface area contributed by atoms with Gasteiger partial charge in [-0.05, 0) is 32.7 Å². The zero-order valence-electron chi connectivity index (χ0n) is 10.0. The quantitative estimate of drug-likeness (QED) is 0.762. The second-order valence-electron chi connectivity index (χ2n) is 4.88. The van der Waals surface area contributed by atoms with Crippen molar-refractivity contribution in [1.82, 2.24) is 10.2 Å². The Kier molecular flexibility index (Phi) is 4.00. The van der Waals surface area contributed by atoms with E-state index in [2.05, 4.69) is 24.1 Å². The summed E-state index contributed by atoms with van der Waals surface area (Å²) in [4.78, 5) is 2.65. The SMILES string of the molecule is CCNC1CCC(N2CCOCC2C)C1. The van der Waals surface area contributed by atoms with E-state index in [0.29, 0.717) is 6.04 Å². The van der Waals surface area contributed by atoms with Crippen LogP contribution in [0.5, 0.6) is 0 Å². The minimum Gasteiger partial charge on any atom is -0.379 e. The number of ether oxygens (including phenoxy) is 1. The molecule has 0 aromatic heterocycles. The van der Waals surface area contributed by atoms with Crippen molar-refractivity contribution in [2.24, 2.45) is 0 Å². The van der Waals surface area contributed by atoms with Gasteiger partial charge in [0.25, 0.3) is 0 Å². The van der Waals surface area contributed by atoms with Crippen LogP contribution in [0.1, 0.15) is 33.1 Å². The standard InChI is InChI=1S/C12H24N2O/c1-3-13-11-4-5-12(8-11)14-6-7-15-9-10(14)2/h10-13H,3-9H2,1-2H3. The van der Waals surface area contributed by atoms with Crippen LogP contribution < -0.4 is 5.32 Å². The lowest BCUT2D eigenvalue weighted by molar-refractivity contribution is -0.0209. The molecule has 0 bridgehead atoms. The lowest BCUT2D eigenvalue weighted by Crippen LogP contribution is -2.48. The van der Waals surface area contributed by atoms with E-state index in [1.165, 1.54) is 19.3 Å². The first-order valence-corrected chi connectivity index (χ1v) is 6.38. The van der Waals surface area contributed by atoms with Crippen molar-refractivity contribution in [3.63, 3.8) is 0 Å². The smallest absolute Gasteiger partial charge is 0.0619 e. The largest absolute Gasteiger partial charge is 0.379 e. The Balaban J connectivity index is 1.83. The Morgan fingerprint density at radius 2 is 2.27 bits per heavy atom. The van der Waals surface area contributed by atoms with E-state index in [1.807, 2.05) is 0 Å². The maximum Gasteiger partial charge on any atom is 0.0619 e. The summed E-state index contributed by atoms with van der Waals surface area (Å²) < 4.78 is 5.49. The van der Waals surface area contributed by atoms with Crippen LogP contribution in [0.3, 0.4) is 0 Å². The van der Waals surface area contributed by atoms with Gasteiger partial charge >= 0.3 is 0 Å². The third-order valence-corrected chi connectivity index (χ3v) is 3.79.